The van der Waals surface area contributed by atoms with Crippen LogP contribution in [0.25, 0.3) is 0 Å². The summed E-state index contributed by atoms with van der Waals surface area (Å²) >= 11 is 0. The number of rotatable bonds is 37. The SMILES string of the molecule is CC[C@H](C)[C@H](NC(=O)[C@H](CC(N)=O)NC(=O)[C@H](C)NC(=O)[C@H](CCCN=C(N)N)NC(=O)[C@H](CC(C)C)NC(=O)[C@H](CCC(N)=O)NC(=O)[C@H](CO)NC(C)=O)C(=O)N[C@@H](CO)C(=O)N[C@@H](Cc1cnc[nH]1)C(=O)Nc1ccc([N+](=O)[O-])cc1. The zero-order chi connectivity index (χ0) is 63.4. The molecule has 10 atom stereocenters. The number of aliphatic hydroxyl groups is 2. The summed E-state index contributed by atoms with van der Waals surface area (Å²) in [4.78, 5) is 180. The Bertz CT molecular complexity index is 2650. The number of nitrogens with two attached hydrogens (primary N) is 4. The number of amides is 12. The maximum atomic E-state index is 14.0. The maximum Gasteiger partial charge on any atom is 0.269 e. The summed E-state index contributed by atoms with van der Waals surface area (Å²) in [6, 6.07) is -9.05. The average Bonchev–Trinajstić information content (AvgIpc) is 4.11. The molecule has 34 nitrogen and oxygen atoms in total. The number of nitrogens with one attached hydrogen (secondary N) is 11. The van der Waals surface area contributed by atoms with E-state index in [1.165, 1.54) is 31.6 Å². The summed E-state index contributed by atoms with van der Waals surface area (Å²) in [5, 5.41) is 55.2. The number of nitro benzene ring substituents is 1. The van der Waals surface area contributed by atoms with Crippen LogP contribution in [0.5, 0.6) is 0 Å². The number of non-ortho nitro benzene ring substituents is 1. The number of guanidine groups is 1. The Hall–Kier alpha value is -9.34. The summed E-state index contributed by atoms with van der Waals surface area (Å²) in [6.07, 6.45) is 0.942. The van der Waals surface area contributed by atoms with E-state index in [2.05, 4.69) is 68.1 Å². The van der Waals surface area contributed by atoms with Gasteiger partial charge in [-0.2, -0.15) is 0 Å². The van der Waals surface area contributed by atoms with Crippen molar-refractivity contribution in [2.75, 3.05) is 25.1 Å². The van der Waals surface area contributed by atoms with E-state index in [4.69, 9.17) is 22.9 Å². The van der Waals surface area contributed by atoms with Crippen LogP contribution in [0.1, 0.15) is 92.2 Å². The van der Waals surface area contributed by atoms with E-state index in [-0.39, 0.29) is 68.3 Å². The number of hydrogen-bond donors (Lipinski definition) is 17. The van der Waals surface area contributed by atoms with Gasteiger partial charge < -0.3 is 91.3 Å². The zero-order valence-corrected chi connectivity index (χ0v) is 47.4. The molecular formula is C50H78N18O16. The number of hydrogen-bond acceptors (Lipinski definition) is 18. The quantitative estimate of drug-likeness (QED) is 0.00985. The number of aromatic amines is 1. The number of carbonyl (C=O) groups is 12. The van der Waals surface area contributed by atoms with Crippen molar-refractivity contribution < 1.29 is 72.7 Å². The van der Waals surface area contributed by atoms with Gasteiger partial charge in [0, 0.05) is 56.0 Å². The number of nitro groups is 1. The maximum absolute atomic E-state index is 14.0. The van der Waals surface area contributed by atoms with E-state index in [0.29, 0.717) is 5.69 Å². The summed E-state index contributed by atoms with van der Waals surface area (Å²) in [5.41, 5.74) is 22.0. The number of benzene rings is 1. The third kappa shape index (κ3) is 25.2. The van der Waals surface area contributed by atoms with E-state index >= 15 is 0 Å². The third-order valence-corrected chi connectivity index (χ3v) is 12.5. The van der Waals surface area contributed by atoms with E-state index < -0.39 is 162 Å². The van der Waals surface area contributed by atoms with Crippen LogP contribution in [0.3, 0.4) is 0 Å². The van der Waals surface area contributed by atoms with Gasteiger partial charge in [0.05, 0.1) is 30.9 Å². The van der Waals surface area contributed by atoms with E-state index in [9.17, 15) is 77.9 Å². The minimum atomic E-state index is -1.80. The van der Waals surface area contributed by atoms with Crippen molar-refractivity contribution in [3.8, 4) is 0 Å². The molecule has 84 heavy (non-hydrogen) atoms. The van der Waals surface area contributed by atoms with Crippen LogP contribution in [-0.4, -0.2) is 176 Å². The highest BCUT2D eigenvalue weighted by molar-refractivity contribution is 6.01. The fourth-order valence-electron chi connectivity index (χ4n) is 7.78. The monoisotopic (exact) mass is 1190 g/mol. The highest BCUT2D eigenvalue weighted by Gasteiger charge is 2.36. The number of aliphatic hydroxyl groups excluding tert-OH is 2. The molecule has 2 rings (SSSR count). The number of H-pyrrole nitrogens is 1. The lowest BCUT2D eigenvalue weighted by molar-refractivity contribution is -0.384. The highest BCUT2D eigenvalue weighted by Crippen LogP contribution is 2.17. The van der Waals surface area contributed by atoms with Gasteiger partial charge in [0.2, 0.25) is 70.9 Å². The molecule has 2 aromatic rings. The Labute approximate surface area is 482 Å². The van der Waals surface area contributed by atoms with Gasteiger partial charge in [-0.25, -0.2) is 4.98 Å². The fourth-order valence-corrected chi connectivity index (χ4v) is 7.78. The van der Waals surface area contributed by atoms with Crippen molar-refractivity contribution in [1.29, 1.82) is 0 Å². The Morgan fingerprint density at radius 3 is 1.65 bits per heavy atom. The Morgan fingerprint density at radius 1 is 0.631 bits per heavy atom. The Kier molecular flexibility index (Phi) is 29.9. The van der Waals surface area contributed by atoms with Gasteiger partial charge in [-0.3, -0.25) is 72.6 Å². The first-order valence-electron chi connectivity index (χ1n) is 26.6. The highest BCUT2D eigenvalue weighted by atomic mass is 16.6. The predicted octanol–water partition coefficient (Wildman–Crippen LogP) is -5.83. The van der Waals surface area contributed by atoms with Gasteiger partial charge in [0.25, 0.3) is 5.69 Å². The van der Waals surface area contributed by atoms with Gasteiger partial charge in [0.15, 0.2) is 5.96 Å². The molecule has 0 aliphatic heterocycles. The molecule has 1 aromatic heterocycles. The minimum Gasteiger partial charge on any atom is -0.394 e. The van der Waals surface area contributed by atoms with Crippen LogP contribution < -0.4 is 76.1 Å². The standard InChI is InChI=1S/C50H78N18O16/c1-7-25(4)40(49(82)66-37(22-70)48(81)65-34(18-29-20-55-23-57-29)44(77)60-28-10-12-30(13-11-28)68(83)84)67-46(79)35(19-39(52)73)63-41(74)26(5)58-42(75)31(9-8-16-56-50(53)54)61-45(78)33(17-24(2)3)64-43(76)32(14-15-38(51)72)62-47(80)36(21-69)59-27(6)71/h10-13,20,23-26,31-37,40,69-70H,7-9,14-19,21-22H2,1-6H3,(H2,51,72)(H2,52,73)(H,55,57)(H,58,75)(H,59,71)(H,60,77)(H,61,78)(H,62,80)(H,63,74)(H,64,76)(H,65,81)(H,66,82)(H,67,79)(H4,53,54,56)/t25-,26-,31-,32-,33-,34-,35-,36-,37-,40-/m0/s1. The molecule has 0 bridgehead atoms. The molecule has 0 saturated carbocycles. The molecule has 21 N–H and O–H groups in total. The van der Waals surface area contributed by atoms with Crippen LogP contribution in [0.4, 0.5) is 11.4 Å². The van der Waals surface area contributed by atoms with Gasteiger partial charge in [-0.05, 0) is 56.6 Å². The molecule has 0 aliphatic rings. The van der Waals surface area contributed by atoms with Crippen LogP contribution in [0.15, 0.2) is 41.8 Å². The topological polar surface area (TPSA) is 554 Å². The van der Waals surface area contributed by atoms with Crippen molar-refractivity contribution >= 4 is 88.2 Å². The number of anilines is 1. The summed E-state index contributed by atoms with van der Waals surface area (Å²) in [6.45, 7) is 6.97. The lowest BCUT2D eigenvalue weighted by Gasteiger charge is -2.29. The number of nitrogens with zero attached hydrogens (tertiary/aromatic N) is 3. The number of primary amides is 2. The molecule has 34 heteroatoms. The van der Waals surface area contributed by atoms with Crippen LogP contribution in [0.2, 0.25) is 0 Å². The molecule has 464 valence electrons. The van der Waals surface area contributed by atoms with Gasteiger partial charge in [-0.15, -0.1) is 0 Å². The average molecular weight is 1190 g/mol. The van der Waals surface area contributed by atoms with E-state index in [0.717, 1.165) is 19.1 Å². The summed E-state index contributed by atoms with van der Waals surface area (Å²) in [5.74, 6) is -12.9. The minimum absolute atomic E-state index is 0.0359. The molecule has 1 heterocycles. The molecule has 0 aliphatic carbocycles. The largest absolute Gasteiger partial charge is 0.394 e. The second-order valence-corrected chi connectivity index (χ2v) is 19.9. The lowest BCUT2D eigenvalue weighted by atomic mass is 9.97. The van der Waals surface area contributed by atoms with Crippen LogP contribution >= 0.6 is 0 Å². The van der Waals surface area contributed by atoms with Gasteiger partial charge in [-0.1, -0.05) is 34.1 Å². The molecule has 1 aromatic carbocycles. The zero-order valence-electron chi connectivity index (χ0n) is 47.4. The third-order valence-electron chi connectivity index (χ3n) is 12.5. The van der Waals surface area contributed by atoms with Crippen LogP contribution in [0, 0.1) is 22.0 Å². The first-order valence-corrected chi connectivity index (χ1v) is 26.6. The van der Waals surface area contributed by atoms with Crippen molar-refractivity contribution in [3.05, 3.63) is 52.6 Å². The van der Waals surface area contributed by atoms with Gasteiger partial charge >= 0.3 is 0 Å². The first-order chi connectivity index (χ1) is 39.5. The normalized spacial score (nSPS) is 14.5. The smallest absolute Gasteiger partial charge is 0.269 e. The molecule has 0 radical (unpaired) electrons. The van der Waals surface area contributed by atoms with Crippen molar-refractivity contribution in [2.45, 2.75) is 147 Å². The molecule has 0 unspecified atom stereocenters. The number of aliphatic imine (C=N–C) groups is 1. The number of imidazole rings is 1. The van der Waals surface area contributed by atoms with Crippen molar-refractivity contribution in [3.63, 3.8) is 0 Å². The second-order valence-electron chi connectivity index (χ2n) is 19.9. The molecule has 12 amide bonds. The summed E-state index contributed by atoms with van der Waals surface area (Å²) in [7, 11) is 0. The second kappa shape index (κ2) is 35.5. The molecule has 0 spiro atoms. The predicted molar refractivity (Wildman–Crippen MR) is 298 cm³/mol. The van der Waals surface area contributed by atoms with Crippen molar-refractivity contribution in [2.24, 2.45) is 39.8 Å². The molecule has 0 fully saturated rings. The van der Waals surface area contributed by atoms with Gasteiger partial charge in [0.1, 0.15) is 54.4 Å². The molecular weight excluding hydrogens is 1110 g/mol. The summed E-state index contributed by atoms with van der Waals surface area (Å²) < 4.78 is 0. The Morgan fingerprint density at radius 2 is 1.14 bits per heavy atom. The fraction of sp³-hybridized carbons (Fsp3) is 0.560. The van der Waals surface area contributed by atoms with Crippen molar-refractivity contribution in [1.82, 2.24) is 57.8 Å². The van der Waals surface area contributed by atoms with E-state index in [1.807, 2.05) is 0 Å². The Balaban J connectivity index is 2.34. The number of aromatic nitrogens is 2. The molecule has 0 saturated heterocycles. The first kappa shape index (κ1) is 70.8. The number of carbonyl (C=O) groups excluding carboxylic acids is 12. The lowest BCUT2D eigenvalue weighted by Crippen LogP contribution is -2.61. The van der Waals surface area contributed by atoms with Crippen LogP contribution in [-0.2, 0) is 64.0 Å². The van der Waals surface area contributed by atoms with E-state index in [1.54, 1.807) is 27.7 Å².